The molecule has 0 aliphatic heterocycles. The van der Waals surface area contributed by atoms with Gasteiger partial charge < -0.3 is 10.4 Å². The molecule has 0 aromatic carbocycles. The Balaban J connectivity index is 2.09. The molecule has 2 nitrogen and oxygen atoms in total. The molecule has 0 aromatic heterocycles. The topological polar surface area (TPSA) is 32.3 Å². The first kappa shape index (κ1) is 10.7. The van der Waals surface area contributed by atoms with Gasteiger partial charge in [-0.25, -0.2) is 0 Å². The van der Waals surface area contributed by atoms with Crippen LogP contribution in [-0.2, 0) is 0 Å². The Morgan fingerprint density at radius 2 is 2.23 bits per heavy atom. The molecule has 1 atom stereocenters. The number of allylic oxidation sites excluding steroid dienone is 2. The zero-order valence-corrected chi connectivity index (χ0v) is 8.71. The van der Waals surface area contributed by atoms with E-state index in [1.54, 1.807) is 0 Å². The Labute approximate surface area is 81.0 Å². The zero-order valence-electron chi connectivity index (χ0n) is 8.71. The molecule has 0 saturated heterocycles. The molecule has 0 saturated carbocycles. The molecule has 0 bridgehead atoms. The van der Waals surface area contributed by atoms with Gasteiger partial charge in [-0.1, -0.05) is 12.2 Å². The van der Waals surface area contributed by atoms with E-state index in [-0.39, 0.29) is 0 Å². The fourth-order valence-electron chi connectivity index (χ4n) is 1.62. The van der Waals surface area contributed by atoms with E-state index < -0.39 is 5.60 Å². The third-order valence-electron chi connectivity index (χ3n) is 2.37. The lowest BCUT2D eigenvalue weighted by Crippen LogP contribution is -2.37. The van der Waals surface area contributed by atoms with Crippen LogP contribution in [-0.4, -0.2) is 23.8 Å². The van der Waals surface area contributed by atoms with Gasteiger partial charge >= 0.3 is 0 Å². The van der Waals surface area contributed by atoms with Gasteiger partial charge in [0, 0.05) is 6.54 Å². The second kappa shape index (κ2) is 4.77. The van der Waals surface area contributed by atoms with E-state index in [4.69, 9.17) is 0 Å². The SMILES string of the molecule is CC(C)(O)CNC[C@@H]1CC=CCC1. The van der Waals surface area contributed by atoms with Crippen LogP contribution in [0.15, 0.2) is 12.2 Å². The van der Waals surface area contributed by atoms with Crippen molar-refractivity contribution in [2.24, 2.45) is 5.92 Å². The molecule has 1 aliphatic rings. The Morgan fingerprint density at radius 1 is 1.46 bits per heavy atom. The number of hydrogen-bond donors (Lipinski definition) is 2. The van der Waals surface area contributed by atoms with Crippen LogP contribution >= 0.6 is 0 Å². The minimum atomic E-state index is -0.579. The van der Waals surface area contributed by atoms with Crippen LogP contribution in [0.5, 0.6) is 0 Å². The quantitative estimate of drug-likeness (QED) is 0.650. The average molecular weight is 183 g/mol. The Hall–Kier alpha value is -0.340. The summed E-state index contributed by atoms with van der Waals surface area (Å²) >= 11 is 0. The van der Waals surface area contributed by atoms with E-state index in [1.165, 1.54) is 19.3 Å². The Kier molecular flexibility index (Phi) is 3.94. The highest BCUT2D eigenvalue weighted by Gasteiger charge is 2.14. The first-order valence-corrected chi connectivity index (χ1v) is 5.16. The monoisotopic (exact) mass is 183 g/mol. The van der Waals surface area contributed by atoms with E-state index in [0.29, 0.717) is 6.54 Å². The largest absolute Gasteiger partial charge is 0.389 e. The van der Waals surface area contributed by atoms with Crippen molar-refractivity contribution in [3.8, 4) is 0 Å². The van der Waals surface area contributed by atoms with Crippen LogP contribution in [0.1, 0.15) is 33.1 Å². The summed E-state index contributed by atoms with van der Waals surface area (Å²) < 4.78 is 0. The molecular weight excluding hydrogens is 162 g/mol. The lowest BCUT2D eigenvalue weighted by molar-refractivity contribution is 0.0786. The fourth-order valence-corrected chi connectivity index (χ4v) is 1.62. The standard InChI is InChI=1S/C11H21NO/c1-11(2,13)9-12-8-10-6-4-3-5-7-10/h3-4,10,12-13H,5-9H2,1-2H3/t10-/m1/s1. The summed E-state index contributed by atoms with van der Waals surface area (Å²) in [6.07, 6.45) is 8.22. The number of rotatable bonds is 4. The predicted molar refractivity (Wildman–Crippen MR) is 55.6 cm³/mol. The fraction of sp³-hybridized carbons (Fsp3) is 0.818. The summed E-state index contributed by atoms with van der Waals surface area (Å²) in [5.74, 6) is 0.771. The van der Waals surface area contributed by atoms with Crippen LogP contribution < -0.4 is 5.32 Å². The van der Waals surface area contributed by atoms with Crippen LogP contribution in [0.4, 0.5) is 0 Å². The van der Waals surface area contributed by atoms with Crippen LogP contribution in [0, 0.1) is 5.92 Å². The number of aliphatic hydroxyl groups is 1. The zero-order chi connectivity index (χ0) is 9.73. The summed E-state index contributed by atoms with van der Waals surface area (Å²) in [6.45, 7) is 5.39. The normalized spacial score (nSPS) is 23.5. The van der Waals surface area contributed by atoms with Gasteiger partial charge in [-0.05, 0) is 45.6 Å². The smallest absolute Gasteiger partial charge is 0.0715 e. The minimum Gasteiger partial charge on any atom is -0.389 e. The molecule has 0 fully saturated rings. The Bertz CT molecular complexity index is 169. The van der Waals surface area contributed by atoms with Crippen molar-refractivity contribution in [2.75, 3.05) is 13.1 Å². The highest BCUT2D eigenvalue weighted by Crippen LogP contribution is 2.16. The first-order chi connectivity index (χ1) is 6.08. The van der Waals surface area contributed by atoms with Crippen molar-refractivity contribution in [3.05, 3.63) is 12.2 Å². The molecule has 0 heterocycles. The molecule has 0 unspecified atom stereocenters. The van der Waals surface area contributed by atoms with E-state index in [2.05, 4.69) is 17.5 Å². The van der Waals surface area contributed by atoms with Crippen molar-refractivity contribution in [1.82, 2.24) is 5.32 Å². The molecule has 13 heavy (non-hydrogen) atoms. The number of nitrogens with one attached hydrogen (secondary N) is 1. The minimum absolute atomic E-state index is 0.579. The lowest BCUT2D eigenvalue weighted by atomic mass is 9.94. The van der Waals surface area contributed by atoms with E-state index in [9.17, 15) is 5.11 Å². The highest BCUT2D eigenvalue weighted by molar-refractivity contribution is 4.90. The summed E-state index contributed by atoms with van der Waals surface area (Å²) in [6, 6.07) is 0. The van der Waals surface area contributed by atoms with Crippen molar-refractivity contribution < 1.29 is 5.11 Å². The van der Waals surface area contributed by atoms with Crippen molar-refractivity contribution in [2.45, 2.75) is 38.7 Å². The van der Waals surface area contributed by atoms with Crippen LogP contribution in [0.3, 0.4) is 0 Å². The molecule has 0 radical (unpaired) electrons. The molecule has 1 rings (SSSR count). The van der Waals surface area contributed by atoms with E-state index >= 15 is 0 Å². The van der Waals surface area contributed by atoms with E-state index in [1.807, 2.05) is 13.8 Å². The highest BCUT2D eigenvalue weighted by atomic mass is 16.3. The molecule has 2 N–H and O–H groups in total. The molecule has 2 heteroatoms. The van der Waals surface area contributed by atoms with Gasteiger partial charge in [-0.3, -0.25) is 0 Å². The second-order valence-corrected chi connectivity index (χ2v) is 4.59. The van der Waals surface area contributed by atoms with Gasteiger partial charge in [0.2, 0.25) is 0 Å². The van der Waals surface area contributed by atoms with E-state index in [0.717, 1.165) is 12.5 Å². The van der Waals surface area contributed by atoms with Gasteiger partial charge in [0.25, 0.3) is 0 Å². The summed E-state index contributed by atoms with van der Waals surface area (Å²) in [5.41, 5.74) is -0.579. The maximum atomic E-state index is 9.47. The lowest BCUT2D eigenvalue weighted by Gasteiger charge is -2.22. The van der Waals surface area contributed by atoms with Gasteiger partial charge in [-0.2, -0.15) is 0 Å². The summed E-state index contributed by atoms with van der Waals surface area (Å²) in [5, 5.41) is 12.8. The van der Waals surface area contributed by atoms with Crippen molar-refractivity contribution in [1.29, 1.82) is 0 Å². The molecule has 0 amide bonds. The van der Waals surface area contributed by atoms with Crippen LogP contribution in [0.25, 0.3) is 0 Å². The molecule has 0 aromatic rings. The molecule has 0 spiro atoms. The van der Waals surface area contributed by atoms with Gasteiger partial charge in [-0.15, -0.1) is 0 Å². The molecule has 1 aliphatic carbocycles. The Morgan fingerprint density at radius 3 is 2.77 bits per heavy atom. The maximum Gasteiger partial charge on any atom is 0.0715 e. The van der Waals surface area contributed by atoms with Gasteiger partial charge in [0.1, 0.15) is 0 Å². The van der Waals surface area contributed by atoms with Gasteiger partial charge in [0.15, 0.2) is 0 Å². The number of hydrogen-bond acceptors (Lipinski definition) is 2. The van der Waals surface area contributed by atoms with Gasteiger partial charge in [0.05, 0.1) is 5.60 Å². The molecular formula is C11H21NO. The second-order valence-electron chi connectivity index (χ2n) is 4.59. The maximum absolute atomic E-state index is 9.47. The van der Waals surface area contributed by atoms with Crippen LogP contribution in [0.2, 0.25) is 0 Å². The average Bonchev–Trinajstić information content (AvgIpc) is 2.04. The third kappa shape index (κ3) is 5.06. The third-order valence-corrected chi connectivity index (χ3v) is 2.37. The summed E-state index contributed by atoms with van der Waals surface area (Å²) in [7, 11) is 0. The molecule has 76 valence electrons. The van der Waals surface area contributed by atoms with Crippen molar-refractivity contribution >= 4 is 0 Å². The predicted octanol–water partition coefficient (Wildman–Crippen LogP) is 1.70. The van der Waals surface area contributed by atoms with Crippen molar-refractivity contribution in [3.63, 3.8) is 0 Å². The summed E-state index contributed by atoms with van der Waals surface area (Å²) in [4.78, 5) is 0. The first-order valence-electron chi connectivity index (χ1n) is 5.16.